The second-order valence-corrected chi connectivity index (χ2v) is 4.85. The SMILES string of the molecule is COc1cc(/C=C\c2ccc3cccc(O)c3n2)ccc1O. The van der Waals surface area contributed by atoms with Crippen LogP contribution in [0.3, 0.4) is 0 Å². The lowest BCUT2D eigenvalue weighted by Gasteiger charge is -2.04. The van der Waals surface area contributed by atoms with Gasteiger partial charge >= 0.3 is 0 Å². The van der Waals surface area contributed by atoms with Crippen molar-refractivity contribution < 1.29 is 14.9 Å². The molecule has 0 unspecified atom stereocenters. The molecular weight excluding hydrogens is 278 g/mol. The van der Waals surface area contributed by atoms with Gasteiger partial charge in [-0.25, -0.2) is 4.98 Å². The van der Waals surface area contributed by atoms with Gasteiger partial charge < -0.3 is 14.9 Å². The normalized spacial score (nSPS) is 11.1. The number of nitrogens with zero attached hydrogens (tertiary/aromatic N) is 1. The summed E-state index contributed by atoms with van der Waals surface area (Å²) in [4.78, 5) is 4.43. The monoisotopic (exact) mass is 293 g/mol. The number of fused-ring (bicyclic) bond motifs is 1. The van der Waals surface area contributed by atoms with Crippen LogP contribution < -0.4 is 4.74 Å². The van der Waals surface area contributed by atoms with Gasteiger partial charge in [0.05, 0.1) is 12.8 Å². The van der Waals surface area contributed by atoms with Gasteiger partial charge in [-0.3, -0.25) is 0 Å². The number of hydrogen-bond donors (Lipinski definition) is 2. The first-order valence-corrected chi connectivity index (χ1v) is 6.81. The van der Waals surface area contributed by atoms with Gasteiger partial charge in [-0.05, 0) is 35.9 Å². The lowest BCUT2D eigenvalue weighted by Crippen LogP contribution is -1.85. The standard InChI is InChI=1S/C18H15NO3/c1-22-17-11-12(6-10-15(17)20)5-8-14-9-7-13-3-2-4-16(21)18(13)19-14/h2-11,20-21H,1H3/b8-5-. The van der Waals surface area contributed by atoms with Crippen LogP contribution in [0, 0.1) is 0 Å². The number of para-hydroxylation sites is 1. The molecule has 4 heteroatoms. The summed E-state index contributed by atoms with van der Waals surface area (Å²) in [5.74, 6) is 0.693. The van der Waals surface area contributed by atoms with Gasteiger partial charge in [0.1, 0.15) is 11.3 Å². The zero-order valence-corrected chi connectivity index (χ0v) is 12.0. The van der Waals surface area contributed by atoms with Crippen molar-refractivity contribution in [3.05, 3.63) is 59.8 Å². The summed E-state index contributed by atoms with van der Waals surface area (Å²) in [6, 6.07) is 14.2. The number of rotatable bonds is 3. The molecule has 0 fully saturated rings. The minimum atomic E-state index is 0.105. The van der Waals surface area contributed by atoms with Gasteiger partial charge in [-0.2, -0.15) is 0 Å². The third kappa shape index (κ3) is 2.72. The van der Waals surface area contributed by atoms with Crippen LogP contribution >= 0.6 is 0 Å². The molecule has 0 spiro atoms. The van der Waals surface area contributed by atoms with Crippen molar-refractivity contribution in [2.75, 3.05) is 7.11 Å². The molecule has 110 valence electrons. The van der Waals surface area contributed by atoms with Crippen LogP contribution in [0.25, 0.3) is 23.1 Å². The Labute approximate surface area is 127 Å². The summed E-state index contributed by atoms with van der Waals surface area (Å²) >= 11 is 0. The van der Waals surface area contributed by atoms with Gasteiger partial charge in [-0.15, -0.1) is 0 Å². The van der Waals surface area contributed by atoms with E-state index in [1.54, 1.807) is 30.3 Å². The van der Waals surface area contributed by atoms with Crippen LogP contribution in [0.15, 0.2) is 48.5 Å². The van der Waals surface area contributed by atoms with E-state index in [0.29, 0.717) is 11.3 Å². The summed E-state index contributed by atoms with van der Waals surface area (Å²) in [7, 11) is 1.51. The Hall–Kier alpha value is -3.01. The molecule has 0 aliphatic carbocycles. The molecule has 0 saturated heterocycles. The van der Waals surface area contributed by atoms with Crippen molar-refractivity contribution >= 4 is 23.1 Å². The van der Waals surface area contributed by atoms with E-state index >= 15 is 0 Å². The fraction of sp³-hybridized carbons (Fsp3) is 0.0556. The van der Waals surface area contributed by atoms with Crippen LogP contribution in [-0.2, 0) is 0 Å². The average Bonchev–Trinajstić information content (AvgIpc) is 2.54. The van der Waals surface area contributed by atoms with Crippen LogP contribution in [0.5, 0.6) is 17.2 Å². The number of ether oxygens (including phenoxy) is 1. The van der Waals surface area contributed by atoms with Gasteiger partial charge in [-0.1, -0.05) is 30.3 Å². The van der Waals surface area contributed by atoms with Gasteiger partial charge in [0.15, 0.2) is 11.5 Å². The highest BCUT2D eigenvalue weighted by Gasteiger charge is 2.02. The summed E-state index contributed by atoms with van der Waals surface area (Å²) in [6.07, 6.45) is 3.72. The molecule has 2 N–H and O–H groups in total. The molecule has 2 aromatic carbocycles. The predicted octanol–water partition coefficient (Wildman–Crippen LogP) is 3.83. The predicted molar refractivity (Wildman–Crippen MR) is 87.0 cm³/mol. The van der Waals surface area contributed by atoms with Crippen molar-refractivity contribution in [3.8, 4) is 17.2 Å². The van der Waals surface area contributed by atoms with Crippen LogP contribution in [-0.4, -0.2) is 22.3 Å². The van der Waals surface area contributed by atoms with Crippen molar-refractivity contribution in [2.24, 2.45) is 0 Å². The summed E-state index contributed by atoms with van der Waals surface area (Å²) in [6.45, 7) is 0. The summed E-state index contributed by atoms with van der Waals surface area (Å²) < 4.78 is 5.08. The van der Waals surface area contributed by atoms with Gasteiger partial charge in [0, 0.05) is 5.39 Å². The van der Waals surface area contributed by atoms with Crippen LogP contribution in [0.4, 0.5) is 0 Å². The molecule has 3 aromatic rings. The molecule has 0 aliphatic heterocycles. The number of pyridine rings is 1. The molecule has 0 amide bonds. The minimum Gasteiger partial charge on any atom is -0.506 e. The molecule has 0 atom stereocenters. The zero-order chi connectivity index (χ0) is 15.5. The molecule has 0 radical (unpaired) electrons. The Morgan fingerprint density at radius 1 is 0.955 bits per heavy atom. The highest BCUT2D eigenvalue weighted by molar-refractivity contribution is 5.85. The molecule has 0 aliphatic rings. The van der Waals surface area contributed by atoms with Crippen molar-refractivity contribution in [1.29, 1.82) is 0 Å². The fourth-order valence-corrected chi connectivity index (χ4v) is 2.22. The Balaban J connectivity index is 1.94. The molecule has 1 aromatic heterocycles. The van der Waals surface area contributed by atoms with E-state index in [2.05, 4.69) is 4.98 Å². The van der Waals surface area contributed by atoms with Crippen molar-refractivity contribution in [2.45, 2.75) is 0 Å². The first-order chi connectivity index (χ1) is 10.7. The number of aromatic hydroxyl groups is 2. The Morgan fingerprint density at radius 2 is 1.82 bits per heavy atom. The lowest BCUT2D eigenvalue weighted by atomic mass is 10.1. The fourth-order valence-electron chi connectivity index (χ4n) is 2.22. The lowest BCUT2D eigenvalue weighted by molar-refractivity contribution is 0.373. The van der Waals surface area contributed by atoms with E-state index in [-0.39, 0.29) is 11.5 Å². The van der Waals surface area contributed by atoms with E-state index in [1.807, 2.05) is 30.4 Å². The third-order valence-electron chi connectivity index (χ3n) is 3.37. The zero-order valence-electron chi connectivity index (χ0n) is 12.0. The number of benzene rings is 2. The second kappa shape index (κ2) is 5.77. The largest absolute Gasteiger partial charge is 0.506 e. The topological polar surface area (TPSA) is 62.6 Å². The highest BCUT2D eigenvalue weighted by Crippen LogP contribution is 2.27. The number of phenols is 2. The van der Waals surface area contributed by atoms with E-state index in [0.717, 1.165) is 16.6 Å². The minimum absolute atomic E-state index is 0.105. The maximum atomic E-state index is 9.85. The molecule has 1 heterocycles. The molecule has 0 saturated carbocycles. The molecular formula is C18H15NO3. The maximum absolute atomic E-state index is 9.85. The maximum Gasteiger partial charge on any atom is 0.161 e. The first-order valence-electron chi connectivity index (χ1n) is 6.81. The Morgan fingerprint density at radius 3 is 2.64 bits per heavy atom. The average molecular weight is 293 g/mol. The van der Waals surface area contributed by atoms with E-state index in [1.165, 1.54) is 7.11 Å². The number of aromatic nitrogens is 1. The quantitative estimate of drug-likeness (QED) is 0.770. The summed E-state index contributed by atoms with van der Waals surface area (Å²) in [5.41, 5.74) is 2.20. The van der Waals surface area contributed by atoms with Crippen molar-refractivity contribution in [1.82, 2.24) is 4.98 Å². The smallest absolute Gasteiger partial charge is 0.161 e. The van der Waals surface area contributed by atoms with Crippen LogP contribution in [0.1, 0.15) is 11.3 Å². The second-order valence-electron chi connectivity index (χ2n) is 4.85. The van der Waals surface area contributed by atoms with E-state index in [4.69, 9.17) is 4.74 Å². The third-order valence-corrected chi connectivity index (χ3v) is 3.37. The number of methoxy groups -OCH3 is 1. The highest BCUT2D eigenvalue weighted by atomic mass is 16.5. The number of phenolic OH excluding ortho intramolecular Hbond substituents is 2. The first kappa shape index (κ1) is 13.9. The molecule has 0 bridgehead atoms. The van der Waals surface area contributed by atoms with Crippen molar-refractivity contribution in [3.63, 3.8) is 0 Å². The summed E-state index contributed by atoms with van der Waals surface area (Å²) in [5, 5.41) is 20.3. The van der Waals surface area contributed by atoms with Crippen LogP contribution in [0.2, 0.25) is 0 Å². The Bertz CT molecular complexity index is 856. The van der Waals surface area contributed by atoms with E-state index in [9.17, 15) is 10.2 Å². The van der Waals surface area contributed by atoms with Gasteiger partial charge in [0.25, 0.3) is 0 Å². The van der Waals surface area contributed by atoms with E-state index < -0.39 is 0 Å². The molecule has 3 rings (SSSR count). The molecule has 4 nitrogen and oxygen atoms in total. The van der Waals surface area contributed by atoms with Gasteiger partial charge in [0.2, 0.25) is 0 Å². The molecule has 22 heavy (non-hydrogen) atoms. The number of hydrogen-bond acceptors (Lipinski definition) is 4. The Kier molecular flexibility index (Phi) is 3.66.